The van der Waals surface area contributed by atoms with Crippen molar-refractivity contribution in [2.45, 2.75) is 51.1 Å². The van der Waals surface area contributed by atoms with Crippen molar-refractivity contribution in [1.82, 2.24) is 0 Å². The fourth-order valence-corrected chi connectivity index (χ4v) is 4.32. The van der Waals surface area contributed by atoms with Crippen molar-refractivity contribution in [1.29, 1.82) is 0 Å². The molecule has 1 fully saturated rings. The van der Waals surface area contributed by atoms with Gasteiger partial charge in [-0.25, -0.2) is 0 Å². The number of para-hydroxylation sites is 2. The standard InChI is InChI=1S/C21H26N2O/c1-4-5-15-21(2)20-22(3)17-13-9-10-14-18(17)23(20)19(24-21)16-11-7-6-8-12-16/h6-14,19-20H,4-5,15H2,1-3H3/t19-,20?,21-/m1/s1. The van der Waals surface area contributed by atoms with E-state index in [1.54, 1.807) is 0 Å². The van der Waals surface area contributed by atoms with E-state index in [1.165, 1.54) is 29.8 Å². The SMILES string of the molecule is CCCC[C@@]1(C)O[C@H](c2ccccc2)N2c3ccccc3N(C)C21. The van der Waals surface area contributed by atoms with Gasteiger partial charge in [0.15, 0.2) is 6.23 Å². The van der Waals surface area contributed by atoms with Gasteiger partial charge in [-0.1, -0.05) is 62.2 Å². The fourth-order valence-electron chi connectivity index (χ4n) is 4.32. The molecule has 2 aliphatic rings. The van der Waals surface area contributed by atoms with Crippen LogP contribution in [0.4, 0.5) is 11.4 Å². The molecular weight excluding hydrogens is 296 g/mol. The Hall–Kier alpha value is -2.00. The summed E-state index contributed by atoms with van der Waals surface area (Å²) in [4.78, 5) is 4.87. The van der Waals surface area contributed by atoms with Crippen LogP contribution in [0.1, 0.15) is 44.9 Å². The van der Waals surface area contributed by atoms with Crippen LogP contribution in [0.5, 0.6) is 0 Å². The summed E-state index contributed by atoms with van der Waals surface area (Å²) in [6, 6.07) is 19.3. The predicted molar refractivity (Wildman–Crippen MR) is 99.3 cm³/mol. The van der Waals surface area contributed by atoms with Crippen LogP contribution in [0.3, 0.4) is 0 Å². The van der Waals surface area contributed by atoms with Crippen molar-refractivity contribution in [3.05, 3.63) is 60.2 Å². The number of likely N-dealkylation sites (N-methyl/N-ethyl adjacent to an activating group) is 1. The van der Waals surface area contributed by atoms with Crippen LogP contribution in [-0.2, 0) is 4.74 Å². The van der Waals surface area contributed by atoms with E-state index in [1.807, 2.05) is 0 Å². The number of ether oxygens (including phenoxy) is 1. The molecule has 3 nitrogen and oxygen atoms in total. The number of nitrogens with zero attached hydrogens (tertiary/aromatic N) is 2. The maximum absolute atomic E-state index is 6.72. The van der Waals surface area contributed by atoms with E-state index in [0.717, 1.165) is 6.42 Å². The molecule has 0 aromatic heterocycles. The van der Waals surface area contributed by atoms with Gasteiger partial charge in [0.1, 0.15) is 11.8 Å². The summed E-state index contributed by atoms with van der Waals surface area (Å²) in [5.74, 6) is 0. The first-order valence-corrected chi connectivity index (χ1v) is 8.98. The van der Waals surface area contributed by atoms with Crippen molar-refractivity contribution in [2.24, 2.45) is 0 Å². The number of hydrogen-bond donors (Lipinski definition) is 0. The third-order valence-corrected chi connectivity index (χ3v) is 5.46. The average Bonchev–Trinajstić information content (AvgIpc) is 3.09. The minimum atomic E-state index is -0.176. The largest absolute Gasteiger partial charge is 0.350 e. The summed E-state index contributed by atoms with van der Waals surface area (Å²) >= 11 is 0. The normalized spacial score (nSPS) is 28.1. The first kappa shape index (κ1) is 15.5. The number of unbranched alkanes of at least 4 members (excludes halogenated alkanes) is 1. The maximum Gasteiger partial charge on any atom is 0.159 e. The van der Waals surface area contributed by atoms with Gasteiger partial charge in [-0.2, -0.15) is 0 Å². The molecule has 2 aliphatic heterocycles. The van der Waals surface area contributed by atoms with Gasteiger partial charge < -0.3 is 14.5 Å². The quantitative estimate of drug-likeness (QED) is 0.792. The van der Waals surface area contributed by atoms with E-state index in [2.05, 4.69) is 85.3 Å². The summed E-state index contributed by atoms with van der Waals surface area (Å²) in [5, 5.41) is 0. The Balaban J connectivity index is 1.80. The molecule has 126 valence electrons. The molecule has 1 saturated heterocycles. The van der Waals surface area contributed by atoms with Gasteiger partial charge in [-0.05, 0) is 25.5 Å². The molecule has 2 aromatic carbocycles. The van der Waals surface area contributed by atoms with Crippen molar-refractivity contribution < 1.29 is 4.74 Å². The molecule has 24 heavy (non-hydrogen) atoms. The molecule has 0 saturated carbocycles. The zero-order valence-corrected chi connectivity index (χ0v) is 14.8. The highest BCUT2D eigenvalue weighted by Crippen LogP contribution is 2.54. The zero-order valence-electron chi connectivity index (χ0n) is 14.8. The summed E-state index contributed by atoms with van der Waals surface area (Å²) in [7, 11) is 2.20. The highest BCUT2D eigenvalue weighted by Gasteiger charge is 2.56. The minimum Gasteiger partial charge on any atom is -0.350 e. The molecule has 0 spiro atoms. The smallest absolute Gasteiger partial charge is 0.159 e. The lowest BCUT2D eigenvalue weighted by atomic mass is 9.95. The van der Waals surface area contributed by atoms with E-state index in [9.17, 15) is 0 Å². The van der Waals surface area contributed by atoms with E-state index >= 15 is 0 Å². The number of hydrogen-bond acceptors (Lipinski definition) is 3. The second kappa shape index (κ2) is 5.82. The van der Waals surface area contributed by atoms with Gasteiger partial charge in [0.25, 0.3) is 0 Å². The predicted octanol–water partition coefficient (Wildman–Crippen LogP) is 4.95. The monoisotopic (exact) mass is 322 g/mol. The van der Waals surface area contributed by atoms with E-state index in [0.29, 0.717) is 0 Å². The van der Waals surface area contributed by atoms with Crippen LogP contribution < -0.4 is 9.80 Å². The lowest BCUT2D eigenvalue weighted by molar-refractivity contribution is -0.0422. The third-order valence-electron chi connectivity index (χ3n) is 5.46. The first-order chi connectivity index (χ1) is 11.7. The Bertz CT molecular complexity index is 717. The Morgan fingerprint density at radius 3 is 2.38 bits per heavy atom. The van der Waals surface area contributed by atoms with Crippen molar-refractivity contribution in [2.75, 3.05) is 16.8 Å². The summed E-state index contributed by atoms with van der Waals surface area (Å²) in [5.41, 5.74) is 3.63. The molecule has 3 heteroatoms. The molecular formula is C21H26N2O. The van der Waals surface area contributed by atoms with E-state index < -0.39 is 0 Å². The molecule has 0 bridgehead atoms. The van der Waals surface area contributed by atoms with Crippen LogP contribution in [0.25, 0.3) is 0 Å². The fraction of sp³-hybridized carbons (Fsp3) is 0.429. The summed E-state index contributed by atoms with van der Waals surface area (Å²) in [6.45, 7) is 4.53. The number of rotatable bonds is 4. The Kier molecular flexibility index (Phi) is 3.76. The average molecular weight is 322 g/mol. The Morgan fingerprint density at radius 1 is 1.00 bits per heavy atom. The summed E-state index contributed by atoms with van der Waals surface area (Å²) in [6.07, 6.45) is 3.67. The number of fused-ring (bicyclic) bond motifs is 3. The van der Waals surface area contributed by atoms with E-state index in [4.69, 9.17) is 4.74 Å². The van der Waals surface area contributed by atoms with Crippen LogP contribution in [0.2, 0.25) is 0 Å². The maximum atomic E-state index is 6.72. The van der Waals surface area contributed by atoms with Crippen molar-refractivity contribution >= 4 is 11.4 Å². The number of benzene rings is 2. The molecule has 0 radical (unpaired) electrons. The van der Waals surface area contributed by atoms with Crippen molar-refractivity contribution in [3.63, 3.8) is 0 Å². The molecule has 4 rings (SSSR count). The number of anilines is 2. The highest BCUT2D eigenvalue weighted by molar-refractivity contribution is 5.79. The van der Waals surface area contributed by atoms with Crippen LogP contribution >= 0.6 is 0 Å². The Labute approximate surface area is 144 Å². The van der Waals surface area contributed by atoms with Gasteiger partial charge in [-0.3, -0.25) is 0 Å². The van der Waals surface area contributed by atoms with Crippen LogP contribution in [0.15, 0.2) is 54.6 Å². The third kappa shape index (κ3) is 2.22. The molecule has 1 unspecified atom stereocenters. The van der Waals surface area contributed by atoms with E-state index in [-0.39, 0.29) is 18.0 Å². The van der Waals surface area contributed by atoms with Crippen LogP contribution in [-0.4, -0.2) is 18.8 Å². The molecule has 2 aromatic rings. The summed E-state index contributed by atoms with van der Waals surface area (Å²) < 4.78 is 6.72. The molecule has 2 heterocycles. The van der Waals surface area contributed by atoms with Gasteiger partial charge >= 0.3 is 0 Å². The molecule has 0 N–H and O–H groups in total. The minimum absolute atomic E-state index is 0.0239. The second-order valence-corrected chi connectivity index (χ2v) is 7.18. The topological polar surface area (TPSA) is 15.7 Å². The lowest BCUT2D eigenvalue weighted by Crippen LogP contribution is -2.50. The first-order valence-electron chi connectivity index (χ1n) is 8.98. The molecule has 0 amide bonds. The Morgan fingerprint density at radius 2 is 1.67 bits per heavy atom. The second-order valence-electron chi connectivity index (χ2n) is 7.18. The highest BCUT2D eigenvalue weighted by atomic mass is 16.5. The van der Waals surface area contributed by atoms with Crippen molar-refractivity contribution in [3.8, 4) is 0 Å². The molecule has 3 atom stereocenters. The van der Waals surface area contributed by atoms with Gasteiger partial charge in [-0.15, -0.1) is 0 Å². The molecule has 0 aliphatic carbocycles. The van der Waals surface area contributed by atoms with Crippen LogP contribution in [0, 0.1) is 0 Å². The van der Waals surface area contributed by atoms with Gasteiger partial charge in [0, 0.05) is 12.6 Å². The van der Waals surface area contributed by atoms with Gasteiger partial charge in [0.05, 0.1) is 11.4 Å². The van der Waals surface area contributed by atoms with Gasteiger partial charge in [0.2, 0.25) is 0 Å². The lowest BCUT2D eigenvalue weighted by Gasteiger charge is -2.34. The zero-order chi connectivity index (χ0) is 16.7.